The minimum absolute atomic E-state index is 0.00385. The van der Waals surface area contributed by atoms with Crippen molar-refractivity contribution in [3.8, 4) is 17.0 Å². The van der Waals surface area contributed by atoms with Gasteiger partial charge in [0, 0.05) is 30.9 Å². The highest BCUT2D eigenvalue weighted by atomic mass is 19.1. The number of pyridine rings is 1. The van der Waals surface area contributed by atoms with E-state index < -0.39 is 6.17 Å². The third-order valence-electron chi connectivity index (χ3n) is 5.77. The van der Waals surface area contributed by atoms with E-state index in [1.54, 1.807) is 29.1 Å². The summed E-state index contributed by atoms with van der Waals surface area (Å²) in [5.74, 6) is 0.625. The van der Waals surface area contributed by atoms with Crippen LogP contribution in [-0.2, 0) is 0 Å². The number of rotatable bonds is 3. The maximum absolute atomic E-state index is 14.8. The van der Waals surface area contributed by atoms with Crippen molar-refractivity contribution >= 4 is 11.5 Å². The van der Waals surface area contributed by atoms with Crippen LogP contribution in [0.15, 0.2) is 31.0 Å². The number of fused-ring (bicyclic) bond motifs is 3. The van der Waals surface area contributed by atoms with Crippen LogP contribution in [0.1, 0.15) is 19.3 Å². The number of alkyl halides is 1. The van der Waals surface area contributed by atoms with E-state index in [4.69, 9.17) is 0 Å². The number of hydrogen-bond donors (Lipinski definition) is 2. The van der Waals surface area contributed by atoms with Crippen molar-refractivity contribution in [1.29, 1.82) is 0 Å². The van der Waals surface area contributed by atoms with Gasteiger partial charge >= 0.3 is 0 Å². The van der Waals surface area contributed by atoms with Gasteiger partial charge < -0.3 is 15.3 Å². The molecule has 2 aliphatic heterocycles. The fraction of sp³-hybridized carbons (Fsp3) is 0.444. The first-order chi connectivity index (χ1) is 13.1. The van der Waals surface area contributed by atoms with Crippen LogP contribution >= 0.6 is 0 Å². The second-order valence-electron chi connectivity index (χ2n) is 7.31. The number of hydrogen-bond acceptors (Lipinski definition) is 7. The van der Waals surface area contributed by atoms with E-state index >= 15 is 0 Å². The number of aromatic nitrogens is 5. The quantitative estimate of drug-likeness (QED) is 0.724. The molecule has 0 spiro atoms. The minimum Gasteiger partial charge on any atom is -0.504 e. The van der Waals surface area contributed by atoms with Gasteiger partial charge in [-0.15, -0.1) is 10.2 Å². The Morgan fingerprint density at radius 3 is 3.00 bits per heavy atom. The molecule has 0 amide bonds. The Kier molecular flexibility index (Phi) is 3.71. The van der Waals surface area contributed by atoms with Gasteiger partial charge in [-0.05, 0) is 25.3 Å². The Balaban J connectivity index is 1.42. The molecule has 0 radical (unpaired) electrons. The number of halogens is 1. The minimum atomic E-state index is -0.922. The highest BCUT2D eigenvalue weighted by Gasteiger charge is 2.43. The van der Waals surface area contributed by atoms with Crippen LogP contribution in [0, 0.1) is 0 Å². The molecule has 0 saturated carbocycles. The lowest BCUT2D eigenvalue weighted by atomic mass is 9.96. The molecule has 0 aliphatic carbocycles. The first kappa shape index (κ1) is 16.4. The molecule has 5 heterocycles. The van der Waals surface area contributed by atoms with Crippen LogP contribution in [-0.4, -0.2) is 61.0 Å². The number of anilines is 1. The summed E-state index contributed by atoms with van der Waals surface area (Å²) in [6.45, 7) is 0. The third kappa shape index (κ3) is 2.61. The van der Waals surface area contributed by atoms with Crippen molar-refractivity contribution in [2.75, 3.05) is 11.9 Å². The molecular weight excluding hydrogens is 349 g/mol. The second-order valence-corrected chi connectivity index (χ2v) is 7.31. The van der Waals surface area contributed by atoms with Crippen LogP contribution in [0.4, 0.5) is 10.2 Å². The van der Waals surface area contributed by atoms with Gasteiger partial charge in [0.25, 0.3) is 0 Å². The Morgan fingerprint density at radius 1 is 1.30 bits per heavy atom. The van der Waals surface area contributed by atoms with Crippen molar-refractivity contribution in [2.24, 2.45) is 0 Å². The number of nitrogens with zero attached hydrogens (tertiary/aromatic N) is 6. The molecule has 8 nitrogen and oxygen atoms in total. The summed E-state index contributed by atoms with van der Waals surface area (Å²) in [5, 5.41) is 21.4. The molecule has 2 fully saturated rings. The summed E-state index contributed by atoms with van der Waals surface area (Å²) in [6, 6.07) is 1.86. The highest BCUT2D eigenvalue weighted by Crippen LogP contribution is 2.34. The van der Waals surface area contributed by atoms with Crippen molar-refractivity contribution in [2.45, 2.75) is 43.6 Å². The SMILES string of the molecule is CN(c1cnc(-c2ccn3cnnc3c2O)cn1)[C@@H]1CC2CC[C@H](N2)[C@@H]1F. The van der Waals surface area contributed by atoms with Gasteiger partial charge in [-0.3, -0.25) is 9.38 Å². The summed E-state index contributed by atoms with van der Waals surface area (Å²) in [5.41, 5.74) is 1.42. The molecule has 0 aromatic carbocycles. The molecule has 2 N–H and O–H groups in total. The molecule has 27 heavy (non-hydrogen) atoms. The zero-order valence-corrected chi connectivity index (χ0v) is 14.8. The predicted molar refractivity (Wildman–Crippen MR) is 97.3 cm³/mol. The summed E-state index contributed by atoms with van der Waals surface area (Å²) < 4.78 is 16.4. The number of aromatic hydroxyl groups is 1. The van der Waals surface area contributed by atoms with Gasteiger partial charge in [-0.2, -0.15) is 0 Å². The standard InChI is InChI=1S/C18H20FN7O/c1-25(14-6-10-2-3-12(23-10)16(14)19)15-8-20-13(7-21-15)11-4-5-26-9-22-24-18(26)17(11)27/h4-5,7-10,12,14,16,23,27H,2-3,6H2,1H3/t10?,12-,14+,16-/m0/s1. The predicted octanol–water partition coefficient (Wildman–Crippen LogP) is 1.56. The van der Waals surface area contributed by atoms with E-state index in [0.29, 0.717) is 28.8 Å². The molecule has 2 aliphatic rings. The molecule has 4 atom stereocenters. The van der Waals surface area contributed by atoms with E-state index in [2.05, 4.69) is 25.5 Å². The molecule has 5 rings (SSSR count). The summed E-state index contributed by atoms with van der Waals surface area (Å²) in [7, 11) is 1.87. The van der Waals surface area contributed by atoms with Gasteiger partial charge in [0.05, 0.1) is 24.1 Å². The van der Waals surface area contributed by atoms with Crippen LogP contribution in [0.25, 0.3) is 16.9 Å². The van der Waals surface area contributed by atoms with Crippen molar-refractivity contribution in [1.82, 2.24) is 29.9 Å². The first-order valence-corrected chi connectivity index (χ1v) is 9.08. The molecule has 2 bridgehead atoms. The first-order valence-electron chi connectivity index (χ1n) is 9.08. The fourth-order valence-corrected chi connectivity index (χ4v) is 4.24. The Hall–Kier alpha value is -2.81. The number of piperidine rings is 1. The maximum atomic E-state index is 14.8. The van der Waals surface area contributed by atoms with E-state index in [-0.39, 0.29) is 17.8 Å². The van der Waals surface area contributed by atoms with Crippen LogP contribution < -0.4 is 10.2 Å². The van der Waals surface area contributed by atoms with Crippen LogP contribution in [0.5, 0.6) is 5.75 Å². The summed E-state index contributed by atoms with van der Waals surface area (Å²) in [4.78, 5) is 10.8. The van der Waals surface area contributed by atoms with Gasteiger partial charge in [0.2, 0.25) is 5.65 Å². The molecule has 3 aromatic rings. The van der Waals surface area contributed by atoms with Gasteiger partial charge in [-0.25, -0.2) is 9.37 Å². The monoisotopic (exact) mass is 369 g/mol. The van der Waals surface area contributed by atoms with Gasteiger partial charge in [-0.1, -0.05) is 0 Å². The van der Waals surface area contributed by atoms with Gasteiger partial charge in [0.15, 0.2) is 5.75 Å². The Bertz CT molecular complexity index is 976. The molecule has 140 valence electrons. The maximum Gasteiger partial charge on any atom is 0.203 e. The molecule has 1 unspecified atom stereocenters. The van der Waals surface area contributed by atoms with Crippen LogP contribution in [0.3, 0.4) is 0 Å². The lowest BCUT2D eigenvalue weighted by molar-refractivity contribution is 0.176. The topological polar surface area (TPSA) is 91.5 Å². The van der Waals surface area contributed by atoms with E-state index in [1.807, 2.05) is 11.9 Å². The fourth-order valence-electron chi connectivity index (χ4n) is 4.24. The Labute approximate surface area is 155 Å². The zero-order chi connectivity index (χ0) is 18.5. The molecular formula is C18H20FN7O. The second kappa shape index (κ2) is 6.12. The third-order valence-corrected chi connectivity index (χ3v) is 5.77. The van der Waals surface area contributed by atoms with E-state index in [9.17, 15) is 9.50 Å². The van der Waals surface area contributed by atoms with Crippen molar-refractivity contribution in [3.63, 3.8) is 0 Å². The molecule has 3 aromatic heterocycles. The average Bonchev–Trinajstić information content (AvgIpc) is 3.33. The smallest absolute Gasteiger partial charge is 0.203 e. The lowest BCUT2D eigenvalue weighted by Crippen LogP contribution is -2.55. The average molecular weight is 369 g/mol. The zero-order valence-electron chi connectivity index (χ0n) is 14.8. The lowest BCUT2D eigenvalue weighted by Gasteiger charge is -2.38. The van der Waals surface area contributed by atoms with Gasteiger partial charge in [0.1, 0.15) is 18.3 Å². The summed E-state index contributed by atoms with van der Waals surface area (Å²) in [6.07, 6.45) is 8.26. The van der Waals surface area contributed by atoms with E-state index in [0.717, 1.165) is 19.3 Å². The van der Waals surface area contributed by atoms with Crippen LogP contribution in [0.2, 0.25) is 0 Å². The molecule has 9 heteroatoms. The summed E-state index contributed by atoms with van der Waals surface area (Å²) >= 11 is 0. The van der Waals surface area contributed by atoms with Crippen molar-refractivity contribution in [3.05, 3.63) is 31.0 Å². The number of nitrogens with one attached hydrogen (secondary N) is 1. The highest BCUT2D eigenvalue weighted by molar-refractivity contribution is 5.74. The molecule has 2 saturated heterocycles. The van der Waals surface area contributed by atoms with Crippen molar-refractivity contribution < 1.29 is 9.50 Å². The van der Waals surface area contributed by atoms with E-state index in [1.165, 1.54) is 6.33 Å². The largest absolute Gasteiger partial charge is 0.504 e. The Morgan fingerprint density at radius 2 is 2.19 bits per heavy atom. The normalized spacial score (nSPS) is 27.2.